The van der Waals surface area contributed by atoms with Crippen molar-refractivity contribution >= 4 is 11.6 Å². The van der Waals surface area contributed by atoms with Gasteiger partial charge in [-0.25, -0.2) is 0 Å². The number of aliphatic hydroxyl groups is 1. The Hall–Kier alpha value is -1.71. The van der Waals surface area contributed by atoms with Crippen LogP contribution in [-0.2, 0) is 0 Å². The van der Waals surface area contributed by atoms with Crippen molar-refractivity contribution in [3.8, 4) is 11.5 Å². The Morgan fingerprint density at radius 3 is 2.19 bits per heavy atom. The van der Waals surface area contributed by atoms with Crippen LogP contribution in [0.4, 0.5) is 0 Å². The molecule has 3 nitrogen and oxygen atoms in total. The summed E-state index contributed by atoms with van der Waals surface area (Å²) in [4.78, 5) is 0. The van der Waals surface area contributed by atoms with Crippen molar-refractivity contribution in [2.75, 3.05) is 14.2 Å². The van der Waals surface area contributed by atoms with E-state index in [0.717, 1.165) is 28.0 Å². The molecule has 0 aliphatic heterocycles. The van der Waals surface area contributed by atoms with Crippen molar-refractivity contribution in [2.45, 2.75) is 20.0 Å². The summed E-state index contributed by atoms with van der Waals surface area (Å²) in [6.07, 6.45) is -0.738. The smallest absolute Gasteiger partial charge is 0.137 e. The maximum Gasteiger partial charge on any atom is 0.137 e. The van der Waals surface area contributed by atoms with E-state index in [9.17, 15) is 5.11 Å². The largest absolute Gasteiger partial charge is 0.496 e. The number of rotatable bonds is 4. The molecule has 0 aliphatic carbocycles. The second kappa shape index (κ2) is 6.37. The second-order valence-corrected chi connectivity index (χ2v) is 5.38. The van der Waals surface area contributed by atoms with E-state index in [1.807, 2.05) is 32.0 Å². The van der Waals surface area contributed by atoms with Gasteiger partial charge in [-0.05, 0) is 60.4 Å². The SMILES string of the molecule is COc1cc(C)c(C(O)c2ccc(OC)c(Cl)c2)cc1C. The predicted octanol–water partition coefficient (Wildman–Crippen LogP) is 4.06. The van der Waals surface area contributed by atoms with Crippen LogP contribution in [-0.4, -0.2) is 19.3 Å². The molecular weight excluding hydrogens is 288 g/mol. The van der Waals surface area contributed by atoms with E-state index in [1.165, 1.54) is 0 Å². The lowest BCUT2D eigenvalue weighted by Gasteiger charge is -2.17. The Morgan fingerprint density at radius 1 is 0.952 bits per heavy atom. The molecule has 4 heteroatoms. The van der Waals surface area contributed by atoms with Gasteiger partial charge in [0.1, 0.15) is 17.6 Å². The third kappa shape index (κ3) is 3.14. The normalized spacial score (nSPS) is 12.1. The van der Waals surface area contributed by atoms with Gasteiger partial charge in [0.25, 0.3) is 0 Å². The van der Waals surface area contributed by atoms with Gasteiger partial charge >= 0.3 is 0 Å². The number of benzene rings is 2. The van der Waals surface area contributed by atoms with Gasteiger partial charge < -0.3 is 14.6 Å². The Labute approximate surface area is 130 Å². The molecule has 1 atom stereocenters. The van der Waals surface area contributed by atoms with E-state index in [0.29, 0.717) is 10.8 Å². The van der Waals surface area contributed by atoms with Crippen LogP contribution in [0.3, 0.4) is 0 Å². The van der Waals surface area contributed by atoms with E-state index in [-0.39, 0.29) is 0 Å². The van der Waals surface area contributed by atoms with Gasteiger partial charge in [0, 0.05) is 0 Å². The molecule has 1 unspecified atom stereocenters. The zero-order valence-corrected chi connectivity index (χ0v) is 13.4. The van der Waals surface area contributed by atoms with Crippen LogP contribution in [0.15, 0.2) is 30.3 Å². The monoisotopic (exact) mass is 306 g/mol. The first-order valence-corrected chi connectivity index (χ1v) is 7.02. The van der Waals surface area contributed by atoms with Crippen molar-refractivity contribution < 1.29 is 14.6 Å². The Balaban J connectivity index is 2.42. The minimum atomic E-state index is -0.738. The fourth-order valence-electron chi connectivity index (χ4n) is 2.36. The van der Waals surface area contributed by atoms with Crippen molar-refractivity contribution in [3.63, 3.8) is 0 Å². The predicted molar refractivity (Wildman–Crippen MR) is 84.5 cm³/mol. The molecule has 0 aliphatic rings. The van der Waals surface area contributed by atoms with E-state index in [4.69, 9.17) is 21.1 Å². The first-order valence-electron chi connectivity index (χ1n) is 6.64. The molecule has 0 heterocycles. The summed E-state index contributed by atoms with van der Waals surface area (Å²) in [5.41, 5.74) is 3.52. The molecule has 0 saturated carbocycles. The van der Waals surface area contributed by atoms with Gasteiger partial charge in [-0.2, -0.15) is 0 Å². The summed E-state index contributed by atoms with van der Waals surface area (Å²) in [6.45, 7) is 3.90. The van der Waals surface area contributed by atoms with Gasteiger partial charge in [-0.3, -0.25) is 0 Å². The number of hydrogen-bond acceptors (Lipinski definition) is 3. The van der Waals surface area contributed by atoms with Crippen LogP contribution in [0.5, 0.6) is 11.5 Å². The van der Waals surface area contributed by atoms with E-state index >= 15 is 0 Å². The molecule has 0 aromatic heterocycles. The van der Waals surface area contributed by atoms with Gasteiger partial charge in [-0.1, -0.05) is 17.7 Å². The standard InChI is InChI=1S/C17H19ClO3/c1-10-8-16(21-4)11(2)7-13(10)17(19)12-5-6-15(20-3)14(18)9-12/h5-9,17,19H,1-4H3. The van der Waals surface area contributed by atoms with E-state index in [2.05, 4.69) is 0 Å². The van der Waals surface area contributed by atoms with Gasteiger partial charge in [0.05, 0.1) is 19.2 Å². The lowest BCUT2D eigenvalue weighted by Crippen LogP contribution is -2.04. The first-order chi connectivity index (χ1) is 9.97. The van der Waals surface area contributed by atoms with Crippen molar-refractivity contribution in [3.05, 3.63) is 57.6 Å². The highest BCUT2D eigenvalue weighted by molar-refractivity contribution is 6.32. The van der Waals surface area contributed by atoms with Crippen LogP contribution in [0, 0.1) is 13.8 Å². The van der Waals surface area contributed by atoms with Crippen LogP contribution < -0.4 is 9.47 Å². The van der Waals surface area contributed by atoms with Crippen molar-refractivity contribution in [1.29, 1.82) is 0 Å². The summed E-state index contributed by atoms with van der Waals surface area (Å²) < 4.78 is 10.4. The third-order valence-electron chi connectivity index (χ3n) is 3.57. The van der Waals surface area contributed by atoms with E-state index in [1.54, 1.807) is 26.4 Å². The first kappa shape index (κ1) is 15.7. The highest BCUT2D eigenvalue weighted by Crippen LogP contribution is 2.33. The van der Waals surface area contributed by atoms with Crippen LogP contribution in [0.1, 0.15) is 28.4 Å². The molecule has 2 aromatic carbocycles. The average Bonchev–Trinajstić information content (AvgIpc) is 2.48. The average molecular weight is 307 g/mol. The number of ether oxygens (including phenoxy) is 2. The lowest BCUT2D eigenvalue weighted by molar-refractivity contribution is 0.219. The van der Waals surface area contributed by atoms with Crippen LogP contribution in [0.25, 0.3) is 0 Å². The number of halogens is 1. The Morgan fingerprint density at radius 2 is 1.62 bits per heavy atom. The number of hydrogen-bond donors (Lipinski definition) is 1. The summed E-state index contributed by atoms with van der Waals surface area (Å²) in [5, 5.41) is 11.1. The Bertz CT molecular complexity index is 653. The molecule has 2 aromatic rings. The van der Waals surface area contributed by atoms with Gasteiger partial charge in [0.2, 0.25) is 0 Å². The molecule has 21 heavy (non-hydrogen) atoms. The summed E-state index contributed by atoms with van der Waals surface area (Å²) in [7, 11) is 3.20. The van der Waals surface area contributed by atoms with Gasteiger partial charge in [0.15, 0.2) is 0 Å². The highest BCUT2D eigenvalue weighted by atomic mass is 35.5. The molecule has 1 N–H and O–H groups in total. The highest BCUT2D eigenvalue weighted by Gasteiger charge is 2.16. The molecule has 2 rings (SSSR count). The molecule has 0 spiro atoms. The molecule has 0 saturated heterocycles. The minimum Gasteiger partial charge on any atom is -0.496 e. The maximum atomic E-state index is 10.6. The molecule has 0 bridgehead atoms. The molecule has 0 amide bonds. The summed E-state index contributed by atoms with van der Waals surface area (Å²) in [5.74, 6) is 1.41. The molecule has 112 valence electrons. The fourth-order valence-corrected chi connectivity index (χ4v) is 2.62. The minimum absolute atomic E-state index is 0.483. The van der Waals surface area contributed by atoms with Crippen molar-refractivity contribution in [2.24, 2.45) is 0 Å². The number of aryl methyl sites for hydroxylation is 2. The fraction of sp³-hybridized carbons (Fsp3) is 0.294. The zero-order valence-electron chi connectivity index (χ0n) is 12.6. The number of aliphatic hydroxyl groups excluding tert-OH is 1. The summed E-state index contributed by atoms with van der Waals surface area (Å²) in [6, 6.07) is 9.17. The topological polar surface area (TPSA) is 38.7 Å². The second-order valence-electron chi connectivity index (χ2n) is 4.97. The quantitative estimate of drug-likeness (QED) is 0.926. The maximum absolute atomic E-state index is 10.6. The number of methoxy groups -OCH3 is 2. The van der Waals surface area contributed by atoms with Crippen LogP contribution in [0.2, 0.25) is 5.02 Å². The van der Waals surface area contributed by atoms with Crippen molar-refractivity contribution in [1.82, 2.24) is 0 Å². The molecular formula is C17H19ClO3. The third-order valence-corrected chi connectivity index (χ3v) is 3.87. The zero-order chi connectivity index (χ0) is 15.6. The molecule has 0 fully saturated rings. The van der Waals surface area contributed by atoms with Gasteiger partial charge in [-0.15, -0.1) is 0 Å². The lowest BCUT2D eigenvalue weighted by atomic mass is 9.95. The van der Waals surface area contributed by atoms with Crippen LogP contribution >= 0.6 is 11.6 Å². The van der Waals surface area contributed by atoms with E-state index < -0.39 is 6.10 Å². The molecule has 0 radical (unpaired) electrons. The summed E-state index contributed by atoms with van der Waals surface area (Å²) >= 11 is 6.12. The Kier molecular flexibility index (Phi) is 4.76.